The Kier molecular flexibility index (Phi) is 7.51. The Morgan fingerprint density at radius 3 is 2.39 bits per heavy atom. The lowest BCUT2D eigenvalue weighted by Gasteiger charge is -2.36. The third-order valence-corrected chi connectivity index (χ3v) is 6.14. The van der Waals surface area contributed by atoms with Crippen LogP contribution in [0.25, 0.3) is 0 Å². The van der Waals surface area contributed by atoms with Crippen LogP contribution in [0.15, 0.2) is 30.3 Å². The molecule has 3 N–H and O–H groups in total. The molecule has 0 unspecified atom stereocenters. The van der Waals surface area contributed by atoms with Gasteiger partial charge < -0.3 is 30.3 Å². The second-order valence-electron chi connectivity index (χ2n) is 10.2. The highest BCUT2D eigenvalue weighted by molar-refractivity contribution is 5.87. The first kappa shape index (κ1) is 24.8. The first-order valence-electron chi connectivity index (χ1n) is 11.5. The lowest BCUT2D eigenvalue weighted by atomic mass is 9.85. The summed E-state index contributed by atoms with van der Waals surface area (Å²) in [5.41, 5.74) is 0.265. The van der Waals surface area contributed by atoms with Crippen LogP contribution in [0.4, 0.5) is 9.59 Å². The SMILES string of the molecule is CC(C)NC(=O)N1C[C@H](O)[C@@H]2[C@H]1CCN2C(=O)[C@@H](NC(=O)OCc1ccccc1)C(C)(C)C. The summed E-state index contributed by atoms with van der Waals surface area (Å²) in [4.78, 5) is 41.9. The van der Waals surface area contributed by atoms with E-state index in [1.807, 2.05) is 65.0 Å². The van der Waals surface area contributed by atoms with Crippen LogP contribution in [-0.2, 0) is 16.1 Å². The molecule has 2 heterocycles. The molecule has 9 heteroatoms. The fourth-order valence-electron chi connectivity index (χ4n) is 4.57. The highest BCUT2D eigenvalue weighted by atomic mass is 16.5. The Morgan fingerprint density at radius 2 is 1.79 bits per heavy atom. The number of benzene rings is 1. The Bertz CT molecular complexity index is 854. The van der Waals surface area contributed by atoms with E-state index in [0.29, 0.717) is 13.0 Å². The number of aliphatic hydroxyl groups is 1. The van der Waals surface area contributed by atoms with Crippen molar-refractivity contribution in [2.45, 2.75) is 77.9 Å². The zero-order valence-corrected chi connectivity index (χ0v) is 20.1. The molecule has 4 amide bonds. The molecule has 2 fully saturated rings. The van der Waals surface area contributed by atoms with Gasteiger partial charge in [-0.15, -0.1) is 0 Å². The maximum absolute atomic E-state index is 13.6. The van der Waals surface area contributed by atoms with Gasteiger partial charge in [0, 0.05) is 12.6 Å². The topological polar surface area (TPSA) is 111 Å². The summed E-state index contributed by atoms with van der Waals surface area (Å²) in [6.45, 7) is 10.0. The number of hydrogen-bond donors (Lipinski definition) is 3. The minimum Gasteiger partial charge on any atom is -0.445 e. The third kappa shape index (κ3) is 5.76. The third-order valence-electron chi connectivity index (χ3n) is 6.14. The van der Waals surface area contributed by atoms with Gasteiger partial charge >= 0.3 is 12.1 Å². The van der Waals surface area contributed by atoms with Gasteiger partial charge in [0.1, 0.15) is 12.6 Å². The van der Waals surface area contributed by atoms with Crippen molar-refractivity contribution in [3.63, 3.8) is 0 Å². The average molecular weight is 461 g/mol. The number of nitrogens with one attached hydrogen (secondary N) is 2. The van der Waals surface area contributed by atoms with E-state index in [1.54, 1.807) is 9.80 Å². The Balaban J connectivity index is 1.68. The van der Waals surface area contributed by atoms with Crippen LogP contribution in [0.5, 0.6) is 0 Å². The summed E-state index contributed by atoms with van der Waals surface area (Å²) in [6.07, 6.45) is -0.938. The van der Waals surface area contributed by atoms with Crippen molar-refractivity contribution in [1.82, 2.24) is 20.4 Å². The number of amides is 4. The fraction of sp³-hybridized carbons (Fsp3) is 0.625. The van der Waals surface area contributed by atoms with E-state index in [2.05, 4.69) is 10.6 Å². The molecule has 3 rings (SSSR count). The summed E-state index contributed by atoms with van der Waals surface area (Å²) in [6, 6.07) is 7.45. The van der Waals surface area contributed by atoms with Gasteiger partial charge in [-0.2, -0.15) is 0 Å². The number of aliphatic hydroxyl groups excluding tert-OH is 1. The van der Waals surface area contributed by atoms with Crippen molar-refractivity contribution < 1.29 is 24.2 Å². The number of nitrogens with zero attached hydrogens (tertiary/aromatic N) is 2. The highest BCUT2D eigenvalue weighted by Gasteiger charge is 2.53. The van der Waals surface area contributed by atoms with E-state index in [0.717, 1.165) is 5.56 Å². The smallest absolute Gasteiger partial charge is 0.408 e. The van der Waals surface area contributed by atoms with Crippen molar-refractivity contribution in [3.05, 3.63) is 35.9 Å². The van der Waals surface area contributed by atoms with Gasteiger partial charge in [0.2, 0.25) is 5.91 Å². The molecular formula is C24H36N4O5. The molecule has 33 heavy (non-hydrogen) atoms. The van der Waals surface area contributed by atoms with Crippen LogP contribution in [-0.4, -0.2) is 76.3 Å². The minimum atomic E-state index is -0.843. The number of alkyl carbamates (subject to hydrolysis) is 1. The number of urea groups is 1. The summed E-state index contributed by atoms with van der Waals surface area (Å²) < 4.78 is 5.33. The van der Waals surface area contributed by atoms with Crippen LogP contribution >= 0.6 is 0 Å². The van der Waals surface area contributed by atoms with Gasteiger partial charge in [-0.3, -0.25) is 4.79 Å². The summed E-state index contributed by atoms with van der Waals surface area (Å²) in [5, 5.41) is 16.3. The number of hydrogen-bond acceptors (Lipinski definition) is 5. The molecule has 4 atom stereocenters. The lowest BCUT2D eigenvalue weighted by Crippen LogP contribution is -2.57. The monoisotopic (exact) mass is 460 g/mol. The molecule has 0 radical (unpaired) electrons. The molecule has 0 aliphatic carbocycles. The molecular weight excluding hydrogens is 424 g/mol. The number of fused-ring (bicyclic) bond motifs is 1. The van der Waals surface area contributed by atoms with E-state index >= 15 is 0 Å². The van der Waals surface area contributed by atoms with Gasteiger partial charge in [-0.25, -0.2) is 9.59 Å². The maximum Gasteiger partial charge on any atom is 0.408 e. The molecule has 2 aliphatic heterocycles. The molecule has 1 aromatic carbocycles. The molecule has 2 saturated heterocycles. The molecule has 1 aromatic rings. The van der Waals surface area contributed by atoms with E-state index in [1.165, 1.54) is 0 Å². The molecule has 2 aliphatic rings. The van der Waals surface area contributed by atoms with E-state index in [4.69, 9.17) is 4.74 Å². The second kappa shape index (κ2) is 9.99. The van der Waals surface area contributed by atoms with E-state index in [9.17, 15) is 19.5 Å². The van der Waals surface area contributed by atoms with Crippen molar-refractivity contribution >= 4 is 18.0 Å². The quantitative estimate of drug-likeness (QED) is 0.623. The standard InChI is InChI=1S/C24H36N4O5/c1-15(2)25-22(31)28-13-18(29)19-17(28)11-12-27(19)21(30)20(24(3,4)5)26-23(32)33-14-16-9-7-6-8-10-16/h6-10,15,17-20,29H,11-14H2,1-5H3,(H,25,31)(H,26,32)/t17-,18+,19+,20-/m1/s1. The first-order chi connectivity index (χ1) is 15.5. The second-order valence-corrected chi connectivity index (χ2v) is 10.2. The number of ether oxygens (including phenoxy) is 1. The maximum atomic E-state index is 13.6. The van der Waals surface area contributed by atoms with Gasteiger partial charge in [-0.1, -0.05) is 51.1 Å². The van der Waals surface area contributed by atoms with Crippen LogP contribution < -0.4 is 10.6 Å². The largest absolute Gasteiger partial charge is 0.445 e. The van der Waals surface area contributed by atoms with Crippen molar-refractivity contribution in [1.29, 1.82) is 0 Å². The average Bonchev–Trinajstić information content (AvgIpc) is 3.31. The van der Waals surface area contributed by atoms with Crippen molar-refractivity contribution in [3.8, 4) is 0 Å². The van der Waals surface area contributed by atoms with Crippen LogP contribution in [0.1, 0.15) is 46.6 Å². The molecule has 0 spiro atoms. The number of rotatable bonds is 5. The zero-order valence-electron chi connectivity index (χ0n) is 20.1. The van der Waals surface area contributed by atoms with Gasteiger partial charge in [0.05, 0.1) is 24.7 Å². The minimum absolute atomic E-state index is 0.0239. The molecule has 182 valence electrons. The summed E-state index contributed by atoms with van der Waals surface area (Å²) in [7, 11) is 0. The van der Waals surface area contributed by atoms with Gasteiger partial charge in [0.15, 0.2) is 0 Å². The fourth-order valence-corrected chi connectivity index (χ4v) is 4.57. The Labute approximate surface area is 195 Å². The van der Waals surface area contributed by atoms with E-state index < -0.39 is 29.7 Å². The number of likely N-dealkylation sites (tertiary alicyclic amines) is 2. The van der Waals surface area contributed by atoms with Crippen molar-refractivity contribution in [2.75, 3.05) is 13.1 Å². The molecule has 0 saturated carbocycles. The number of β-amino-alcohol motifs (C(OH)–C–C–N with tert-alkyl or cyclic N) is 1. The Hall–Kier alpha value is -2.81. The van der Waals surface area contributed by atoms with Gasteiger partial charge in [-0.05, 0) is 31.2 Å². The summed E-state index contributed by atoms with van der Waals surface area (Å²) >= 11 is 0. The number of carbonyl (C=O) groups excluding carboxylic acids is 3. The van der Waals surface area contributed by atoms with Crippen LogP contribution in [0.2, 0.25) is 0 Å². The van der Waals surface area contributed by atoms with Crippen LogP contribution in [0, 0.1) is 5.41 Å². The Morgan fingerprint density at radius 1 is 1.12 bits per heavy atom. The predicted octanol–water partition coefficient (Wildman–Crippen LogP) is 2.09. The molecule has 0 aromatic heterocycles. The normalized spacial score (nSPS) is 23.3. The summed E-state index contributed by atoms with van der Waals surface area (Å²) in [5.74, 6) is -0.281. The molecule has 9 nitrogen and oxygen atoms in total. The predicted molar refractivity (Wildman–Crippen MR) is 123 cm³/mol. The van der Waals surface area contributed by atoms with Crippen LogP contribution in [0.3, 0.4) is 0 Å². The highest BCUT2D eigenvalue weighted by Crippen LogP contribution is 2.34. The lowest BCUT2D eigenvalue weighted by molar-refractivity contribution is -0.138. The van der Waals surface area contributed by atoms with Gasteiger partial charge in [0.25, 0.3) is 0 Å². The molecule has 0 bridgehead atoms. The first-order valence-corrected chi connectivity index (χ1v) is 11.5. The number of carbonyl (C=O) groups is 3. The zero-order chi connectivity index (χ0) is 24.3. The van der Waals surface area contributed by atoms with Crippen molar-refractivity contribution in [2.24, 2.45) is 5.41 Å². The van der Waals surface area contributed by atoms with E-state index in [-0.39, 0.29) is 37.2 Å².